The van der Waals surface area contributed by atoms with Gasteiger partial charge in [-0.1, -0.05) is 40.5 Å². The van der Waals surface area contributed by atoms with Gasteiger partial charge in [0, 0.05) is 11.5 Å². The summed E-state index contributed by atoms with van der Waals surface area (Å²) in [6.45, 7) is 14.8. The van der Waals surface area contributed by atoms with Crippen molar-refractivity contribution < 1.29 is 4.42 Å². The van der Waals surface area contributed by atoms with Gasteiger partial charge in [0.25, 0.3) is 0 Å². The lowest BCUT2D eigenvalue weighted by Gasteiger charge is -2.24. The van der Waals surface area contributed by atoms with E-state index in [1.165, 1.54) is 19.3 Å². The second-order valence-corrected chi connectivity index (χ2v) is 6.52. The van der Waals surface area contributed by atoms with Crippen LogP contribution in [0.4, 0.5) is 0 Å². The molecule has 0 aliphatic heterocycles. The van der Waals surface area contributed by atoms with Crippen molar-refractivity contribution in [2.24, 2.45) is 0 Å². The van der Waals surface area contributed by atoms with E-state index in [0.717, 1.165) is 24.9 Å². The van der Waals surface area contributed by atoms with Gasteiger partial charge >= 0.3 is 0 Å². The first-order valence-electron chi connectivity index (χ1n) is 7.41. The van der Waals surface area contributed by atoms with E-state index in [1.54, 1.807) is 0 Å². The van der Waals surface area contributed by atoms with Gasteiger partial charge in [-0.3, -0.25) is 4.90 Å². The molecule has 4 heteroatoms. The van der Waals surface area contributed by atoms with Crippen LogP contribution in [0, 0.1) is 0 Å². The lowest BCUT2D eigenvalue weighted by atomic mass is 9.97. The van der Waals surface area contributed by atoms with Crippen LogP contribution >= 0.6 is 0 Å². The van der Waals surface area contributed by atoms with Gasteiger partial charge in [-0.15, -0.1) is 10.2 Å². The number of hydrogen-bond donors (Lipinski definition) is 0. The fraction of sp³-hybridized carbons (Fsp3) is 0.867. The van der Waals surface area contributed by atoms with Gasteiger partial charge in [0.15, 0.2) is 0 Å². The number of nitrogens with zero attached hydrogens (tertiary/aromatic N) is 3. The summed E-state index contributed by atoms with van der Waals surface area (Å²) in [6.07, 6.45) is 3.76. The molecule has 0 fully saturated rings. The van der Waals surface area contributed by atoms with Gasteiger partial charge in [-0.05, 0) is 26.8 Å². The van der Waals surface area contributed by atoms with E-state index in [9.17, 15) is 0 Å². The normalized spacial score (nSPS) is 12.6. The number of unbranched alkanes of at least 4 members (excludes halogenated alkanes) is 2. The molecule has 0 saturated heterocycles. The largest absolute Gasteiger partial charge is 0.423 e. The average molecular weight is 267 g/mol. The van der Waals surface area contributed by atoms with Crippen LogP contribution in [0.1, 0.15) is 72.6 Å². The number of rotatable bonds is 7. The molecule has 0 bridgehead atoms. The van der Waals surface area contributed by atoms with Crippen LogP contribution in [0.5, 0.6) is 0 Å². The van der Waals surface area contributed by atoms with E-state index in [-0.39, 0.29) is 5.41 Å². The molecule has 0 aliphatic carbocycles. The van der Waals surface area contributed by atoms with Gasteiger partial charge in [0.1, 0.15) is 0 Å². The van der Waals surface area contributed by atoms with Crippen LogP contribution in [0.2, 0.25) is 0 Å². The van der Waals surface area contributed by atoms with Crippen LogP contribution < -0.4 is 0 Å². The first kappa shape index (κ1) is 16.2. The Labute approximate surface area is 117 Å². The second kappa shape index (κ2) is 7.04. The fourth-order valence-corrected chi connectivity index (χ4v) is 1.88. The molecule has 0 saturated carbocycles. The van der Waals surface area contributed by atoms with Crippen LogP contribution in [0.15, 0.2) is 4.42 Å². The van der Waals surface area contributed by atoms with Crippen LogP contribution in [-0.2, 0) is 12.0 Å². The van der Waals surface area contributed by atoms with Crippen molar-refractivity contribution in [2.75, 3.05) is 6.54 Å². The molecule has 1 rings (SSSR count). The zero-order chi connectivity index (χ0) is 14.5. The molecule has 0 spiro atoms. The van der Waals surface area contributed by atoms with Crippen molar-refractivity contribution in [3.63, 3.8) is 0 Å². The van der Waals surface area contributed by atoms with Crippen molar-refractivity contribution in [1.29, 1.82) is 0 Å². The summed E-state index contributed by atoms with van der Waals surface area (Å²) in [5, 5.41) is 8.33. The Morgan fingerprint density at radius 1 is 1.16 bits per heavy atom. The van der Waals surface area contributed by atoms with Gasteiger partial charge in [-0.25, -0.2) is 0 Å². The van der Waals surface area contributed by atoms with Crippen LogP contribution in [-0.4, -0.2) is 27.7 Å². The highest BCUT2D eigenvalue weighted by Gasteiger charge is 2.22. The Hall–Kier alpha value is -0.900. The lowest BCUT2D eigenvalue weighted by Crippen LogP contribution is -2.31. The molecule has 0 amide bonds. The van der Waals surface area contributed by atoms with E-state index in [1.807, 2.05) is 0 Å². The molecule has 0 aromatic carbocycles. The van der Waals surface area contributed by atoms with Gasteiger partial charge in [0.2, 0.25) is 11.8 Å². The van der Waals surface area contributed by atoms with E-state index < -0.39 is 0 Å². The molecular weight excluding hydrogens is 238 g/mol. The van der Waals surface area contributed by atoms with Gasteiger partial charge < -0.3 is 4.42 Å². The summed E-state index contributed by atoms with van der Waals surface area (Å²) in [7, 11) is 0. The quantitative estimate of drug-likeness (QED) is 0.705. The maximum Gasteiger partial charge on any atom is 0.230 e. The molecule has 0 aliphatic rings. The third-order valence-corrected chi connectivity index (χ3v) is 3.23. The SMILES string of the molecule is CCCCCN(Cc1nnc(C(C)(C)C)o1)C(C)C. The van der Waals surface area contributed by atoms with E-state index in [2.05, 4.69) is 56.6 Å². The van der Waals surface area contributed by atoms with Crippen LogP contribution in [0.25, 0.3) is 0 Å². The summed E-state index contributed by atoms with van der Waals surface area (Å²) in [5.74, 6) is 1.45. The highest BCUT2D eigenvalue weighted by Crippen LogP contribution is 2.21. The summed E-state index contributed by atoms with van der Waals surface area (Å²) >= 11 is 0. The molecule has 1 aromatic heterocycles. The monoisotopic (exact) mass is 267 g/mol. The molecular formula is C15H29N3O. The van der Waals surface area contributed by atoms with E-state index in [0.29, 0.717) is 6.04 Å². The van der Waals surface area contributed by atoms with E-state index in [4.69, 9.17) is 4.42 Å². The Kier molecular flexibility index (Phi) is 5.98. The Morgan fingerprint density at radius 3 is 2.32 bits per heavy atom. The summed E-state index contributed by atoms with van der Waals surface area (Å²) in [4.78, 5) is 2.40. The summed E-state index contributed by atoms with van der Waals surface area (Å²) < 4.78 is 5.77. The minimum absolute atomic E-state index is 0.0733. The van der Waals surface area contributed by atoms with Crippen molar-refractivity contribution in [1.82, 2.24) is 15.1 Å². The third-order valence-electron chi connectivity index (χ3n) is 3.23. The first-order chi connectivity index (χ1) is 8.84. The fourth-order valence-electron chi connectivity index (χ4n) is 1.88. The van der Waals surface area contributed by atoms with Crippen molar-refractivity contribution in [3.8, 4) is 0 Å². The molecule has 0 N–H and O–H groups in total. The second-order valence-electron chi connectivity index (χ2n) is 6.52. The molecule has 0 radical (unpaired) electrons. The first-order valence-corrected chi connectivity index (χ1v) is 7.41. The molecule has 1 heterocycles. The van der Waals surface area contributed by atoms with Crippen molar-refractivity contribution >= 4 is 0 Å². The summed E-state index contributed by atoms with van der Waals surface area (Å²) in [5.41, 5.74) is -0.0733. The molecule has 19 heavy (non-hydrogen) atoms. The molecule has 0 atom stereocenters. The van der Waals surface area contributed by atoms with Crippen molar-refractivity contribution in [3.05, 3.63) is 11.8 Å². The zero-order valence-corrected chi connectivity index (χ0v) is 13.4. The van der Waals surface area contributed by atoms with E-state index >= 15 is 0 Å². The molecule has 110 valence electrons. The topological polar surface area (TPSA) is 42.2 Å². The predicted molar refractivity (Wildman–Crippen MR) is 78.1 cm³/mol. The molecule has 4 nitrogen and oxygen atoms in total. The predicted octanol–water partition coefficient (Wildman–Crippen LogP) is 3.77. The van der Waals surface area contributed by atoms with Gasteiger partial charge in [-0.2, -0.15) is 0 Å². The summed E-state index contributed by atoms with van der Waals surface area (Å²) in [6, 6.07) is 0.502. The number of hydrogen-bond acceptors (Lipinski definition) is 4. The average Bonchev–Trinajstić information content (AvgIpc) is 2.76. The lowest BCUT2D eigenvalue weighted by molar-refractivity contribution is 0.185. The Morgan fingerprint density at radius 2 is 1.84 bits per heavy atom. The van der Waals surface area contributed by atoms with Crippen molar-refractivity contribution in [2.45, 2.75) is 78.8 Å². The maximum atomic E-state index is 5.77. The highest BCUT2D eigenvalue weighted by molar-refractivity contribution is 4.96. The third kappa shape index (κ3) is 5.31. The molecule has 1 aromatic rings. The van der Waals surface area contributed by atoms with Gasteiger partial charge in [0.05, 0.1) is 6.54 Å². The standard InChI is InChI=1S/C15H29N3O/c1-7-8-9-10-18(12(2)3)11-13-16-17-14(19-13)15(4,5)6/h12H,7-11H2,1-6H3. The number of aromatic nitrogens is 2. The molecule has 0 unspecified atom stereocenters. The van der Waals surface area contributed by atoms with Crippen LogP contribution in [0.3, 0.4) is 0 Å². The minimum atomic E-state index is -0.0733. The minimum Gasteiger partial charge on any atom is -0.423 e. The highest BCUT2D eigenvalue weighted by atomic mass is 16.4. The Bertz CT molecular complexity index is 366. The zero-order valence-electron chi connectivity index (χ0n) is 13.4. The maximum absolute atomic E-state index is 5.77. The smallest absolute Gasteiger partial charge is 0.230 e. The Balaban J connectivity index is 2.61.